The molecule has 0 unspecified atom stereocenters. The molecule has 0 aromatic carbocycles. The van der Waals surface area contributed by atoms with Gasteiger partial charge in [-0.05, 0) is 12.8 Å². The molecular formula is C11H21N3O. The molecule has 1 heterocycles. The second-order valence-electron chi connectivity index (χ2n) is 4.07. The normalized spacial score (nSPS) is 11.2. The van der Waals surface area contributed by atoms with E-state index in [2.05, 4.69) is 34.9 Å². The Morgan fingerprint density at radius 2 is 2.27 bits per heavy atom. The molecule has 0 fully saturated rings. The lowest BCUT2D eigenvalue weighted by Crippen LogP contribution is -2.21. The quantitative estimate of drug-likeness (QED) is 0.665. The minimum atomic E-state index is 0.274. The standard InChI is InChI=1S/C11H21N3O/c1-10(2)12-7-11-8-14(9-13-11)5-3-4-6-15/h8-10,12,15H,3-7H2,1-2H3. The SMILES string of the molecule is CC(C)NCc1cn(CCCCO)cn1. The maximum absolute atomic E-state index is 8.66. The zero-order chi connectivity index (χ0) is 11.1. The van der Waals surface area contributed by atoms with Crippen LogP contribution in [-0.2, 0) is 13.1 Å². The minimum Gasteiger partial charge on any atom is -0.396 e. The molecule has 1 aromatic rings. The Kier molecular flexibility index (Phi) is 5.36. The van der Waals surface area contributed by atoms with Gasteiger partial charge < -0.3 is 15.0 Å². The average molecular weight is 211 g/mol. The fourth-order valence-corrected chi connectivity index (χ4v) is 1.33. The van der Waals surface area contributed by atoms with Crippen LogP contribution in [0, 0.1) is 0 Å². The van der Waals surface area contributed by atoms with Gasteiger partial charge in [0.2, 0.25) is 0 Å². The van der Waals surface area contributed by atoms with Crippen molar-refractivity contribution >= 4 is 0 Å². The maximum Gasteiger partial charge on any atom is 0.0949 e. The number of nitrogens with zero attached hydrogens (tertiary/aromatic N) is 2. The molecule has 0 aliphatic carbocycles. The fourth-order valence-electron chi connectivity index (χ4n) is 1.33. The van der Waals surface area contributed by atoms with Gasteiger partial charge in [-0.15, -0.1) is 0 Å². The first kappa shape index (κ1) is 12.2. The first-order chi connectivity index (χ1) is 7.22. The molecule has 0 atom stereocenters. The number of aromatic nitrogens is 2. The number of imidazole rings is 1. The highest BCUT2D eigenvalue weighted by molar-refractivity contribution is 4.96. The summed E-state index contributed by atoms with van der Waals surface area (Å²) in [6.07, 6.45) is 5.78. The van der Waals surface area contributed by atoms with E-state index in [0.717, 1.165) is 31.6 Å². The molecule has 0 radical (unpaired) electrons. The van der Waals surface area contributed by atoms with Crippen molar-refractivity contribution in [2.75, 3.05) is 6.61 Å². The Labute approximate surface area is 91.3 Å². The van der Waals surface area contributed by atoms with E-state index in [1.54, 1.807) is 0 Å². The molecule has 1 aromatic heterocycles. The van der Waals surface area contributed by atoms with Crippen LogP contribution in [0.5, 0.6) is 0 Å². The Hall–Kier alpha value is -0.870. The molecule has 86 valence electrons. The van der Waals surface area contributed by atoms with Gasteiger partial charge >= 0.3 is 0 Å². The number of aryl methyl sites for hydroxylation is 1. The fraction of sp³-hybridized carbons (Fsp3) is 0.727. The number of aliphatic hydroxyl groups excluding tert-OH is 1. The zero-order valence-electron chi connectivity index (χ0n) is 9.61. The lowest BCUT2D eigenvalue weighted by atomic mass is 10.3. The lowest BCUT2D eigenvalue weighted by molar-refractivity contribution is 0.281. The third kappa shape index (κ3) is 4.95. The third-order valence-corrected chi connectivity index (χ3v) is 2.20. The first-order valence-corrected chi connectivity index (χ1v) is 5.57. The van der Waals surface area contributed by atoms with Crippen molar-refractivity contribution in [2.45, 2.75) is 45.8 Å². The van der Waals surface area contributed by atoms with Crippen molar-refractivity contribution in [1.29, 1.82) is 0 Å². The van der Waals surface area contributed by atoms with Gasteiger partial charge in [-0.25, -0.2) is 4.98 Å². The van der Waals surface area contributed by atoms with E-state index in [9.17, 15) is 0 Å². The Balaban J connectivity index is 2.29. The lowest BCUT2D eigenvalue weighted by Gasteiger charge is -2.04. The molecule has 0 aliphatic heterocycles. The summed E-state index contributed by atoms with van der Waals surface area (Å²) in [5.41, 5.74) is 1.08. The van der Waals surface area contributed by atoms with Crippen LogP contribution in [0.3, 0.4) is 0 Å². The molecule has 0 spiro atoms. The number of nitrogens with one attached hydrogen (secondary N) is 1. The molecule has 0 saturated carbocycles. The molecule has 2 N–H and O–H groups in total. The van der Waals surface area contributed by atoms with Crippen LogP contribution in [0.25, 0.3) is 0 Å². The van der Waals surface area contributed by atoms with Crippen LogP contribution in [-0.4, -0.2) is 27.3 Å². The van der Waals surface area contributed by atoms with E-state index >= 15 is 0 Å². The Bertz CT molecular complexity index is 271. The van der Waals surface area contributed by atoms with Crippen LogP contribution >= 0.6 is 0 Å². The summed E-state index contributed by atoms with van der Waals surface area (Å²) in [5, 5.41) is 12.0. The van der Waals surface area contributed by atoms with E-state index in [-0.39, 0.29) is 6.61 Å². The van der Waals surface area contributed by atoms with Crippen molar-refractivity contribution in [3.63, 3.8) is 0 Å². The molecular weight excluding hydrogens is 190 g/mol. The third-order valence-electron chi connectivity index (χ3n) is 2.20. The smallest absolute Gasteiger partial charge is 0.0949 e. The Morgan fingerprint density at radius 1 is 1.47 bits per heavy atom. The van der Waals surface area contributed by atoms with E-state index in [0.29, 0.717) is 6.04 Å². The second-order valence-corrected chi connectivity index (χ2v) is 4.07. The van der Waals surface area contributed by atoms with E-state index in [1.165, 1.54) is 0 Å². The van der Waals surface area contributed by atoms with Crippen LogP contribution in [0.2, 0.25) is 0 Å². The van der Waals surface area contributed by atoms with Crippen molar-refractivity contribution in [3.8, 4) is 0 Å². The highest BCUT2D eigenvalue weighted by Crippen LogP contribution is 1.99. The van der Waals surface area contributed by atoms with Gasteiger partial charge in [0, 0.05) is 31.9 Å². The topological polar surface area (TPSA) is 50.1 Å². The van der Waals surface area contributed by atoms with Gasteiger partial charge in [0.1, 0.15) is 0 Å². The summed E-state index contributed by atoms with van der Waals surface area (Å²) in [7, 11) is 0. The average Bonchev–Trinajstić information content (AvgIpc) is 2.63. The zero-order valence-corrected chi connectivity index (χ0v) is 9.61. The molecule has 1 rings (SSSR count). The van der Waals surface area contributed by atoms with Crippen molar-refractivity contribution in [2.24, 2.45) is 0 Å². The molecule has 0 amide bonds. The predicted molar refractivity (Wildman–Crippen MR) is 60.5 cm³/mol. The molecule has 4 heteroatoms. The van der Waals surface area contributed by atoms with Gasteiger partial charge in [-0.1, -0.05) is 13.8 Å². The number of unbranched alkanes of at least 4 members (excludes halogenated alkanes) is 1. The number of rotatable bonds is 7. The van der Waals surface area contributed by atoms with Crippen LogP contribution in [0.15, 0.2) is 12.5 Å². The van der Waals surface area contributed by atoms with Crippen molar-refractivity contribution in [3.05, 3.63) is 18.2 Å². The molecule has 4 nitrogen and oxygen atoms in total. The highest BCUT2D eigenvalue weighted by Gasteiger charge is 1.99. The van der Waals surface area contributed by atoms with Crippen LogP contribution < -0.4 is 5.32 Å². The molecule has 0 bridgehead atoms. The summed E-state index contributed by atoms with van der Waals surface area (Å²) < 4.78 is 2.08. The Morgan fingerprint density at radius 3 is 2.93 bits per heavy atom. The number of aliphatic hydroxyl groups is 1. The van der Waals surface area contributed by atoms with Crippen molar-refractivity contribution < 1.29 is 5.11 Å². The van der Waals surface area contributed by atoms with E-state index in [1.807, 2.05) is 6.33 Å². The summed E-state index contributed by atoms with van der Waals surface area (Å²) in [5.74, 6) is 0. The first-order valence-electron chi connectivity index (χ1n) is 5.57. The summed E-state index contributed by atoms with van der Waals surface area (Å²) in [6, 6.07) is 0.490. The predicted octanol–water partition coefficient (Wildman–Crippen LogP) is 1.15. The van der Waals surface area contributed by atoms with Crippen molar-refractivity contribution in [1.82, 2.24) is 14.9 Å². The maximum atomic E-state index is 8.66. The van der Waals surface area contributed by atoms with Gasteiger partial charge in [-0.2, -0.15) is 0 Å². The largest absolute Gasteiger partial charge is 0.396 e. The monoisotopic (exact) mass is 211 g/mol. The summed E-state index contributed by atoms with van der Waals surface area (Å²) >= 11 is 0. The van der Waals surface area contributed by atoms with Gasteiger partial charge in [0.15, 0.2) is 0 Å². The van der Waals surface area contributed by atoms with Crippen LogP contribution in [0.1, 0.15) is 32.4 Å². The summed E-state index contributed by atoms with van der Waals surface area (Å²) in [4.78, 5) is 4.30. The van der Waals surface area contributed by atoms with E-state index < -0.39 is 0 Å². The summed E-state index contributed by atoms with van der Waals surface area (Å²) in [6.45, 7) is 6.28. The molecule has 0 saturated heterocycles. The van der Waals surface area contributed by atoms with Gasteiger partial charge in [-0.3, -0.25) is 0 Å². The second kappa shape index (κ2) is 6.58. The van der Waals surface area contributed by atoms with Gasteiger partial charge in [0.25, 0.3) is 0 Å². The number of hydrogen-bond donors (Lipinski definition) is 2. The van der Waals surface area contributed by atoms with E-state index in [4.69, 9.17) is 5.11 Å². The minimum absolute atomic E-state index is 0.274. The number of hydrogen-bond acceptors (Lipinski definition) is 3. The van der Waals surface area contributed by atoms with Crippen LogP contribution in [0.4, 0.5) is 0 Å². The molecule has 0 aliphatic rings. The highest BCUT2D eigenvalue weighted by atomic mass is 16.2. The van der Waals surface area contributed by atoms with Gasteiger partial charge in [0.05, 0.1) is 12.0 Å². The molecule has 15 heavy (non-hydrogen) atoms.